The number of rotatable bonds is 2. The Hall–Kier alpha value is -1.84. The van der Waals surface area contributed by atoms with E-state index in [0.29, 0.717) is 18.5 Å². The fourth-order valence-electron chi connectivity index (χ4n) is 2.36. The van der Waals surface area contributed by atoms with E-state index in [2.05, 4.69) is 5.32 Å². The summed E-state index contributed by atoms with van der Waals surface area (Å²) >= 11 is 0. The number of hydrogen-bond acceptors (Lipinski definition) is 3. The van der Waals surface area contributed by atoms with Crippen molar-refractivity contribution in [3.05, 3.63) is 35.4 Å². The summed E-state index contributed by atoms with van der Waals surface area (Å²) in [5.74, 6) is -0.458. The van der Waals surface area contributed by atoms with E-state index in [0.717, 1.165) is 5.56 Å². The van der Waals surface area contributed by atoms with Crippen LogP contribution in [0.3, 0.4) is 0 Å². The van der Waals surface area contributed by atoms with Gasteiger partial charge >= 0.3 is 5.97 Å². The minimum atomic E-state index is -0.559. The van der Waals surface area contributed by atoms with Crippen LogP contribution in [0.5, 0.6) is 0 Å². The van der Waals surface area contributed by atoms with E-state index >= 15 is 0 Å². The third-order valence-electron chi connectivity index (χ3n) is 3.56. The van der Waals surface area contributed by atoms with Gasteiger partial charge in [0.05, 0.1) is 18.0 Å². The predicted molar refractivity (Wildman–Crippen MR) is 60.4 cm³/mol. The summed E-state index contributed by atoms with van der Waals surface area (Å²) in [4.78, 5) is 23.3. The van der Waals surface area contributed by atoms with Gasteiger partial charge in [-0.25, -0.2) is 4.79 Å². The second-order valence-corrected chi connectivity index (χ2v) is 4.74. The zero-order valence-electron chi connectivity index (χ0n) is 9.53. The number of hydrogen-bond donors (Lipinski definition) is 1. The molecule has 0 spiro atoms. The highest BCUT2D eigenvalue weighted by molar-refractivity contribution is 5.93. The fraction of sp³-hybridized carbons (Fsp3) is 0.385. The minimum Gasteiger partial charge on any atom is -0.453 e. The highest BCUT2D eigenvalue weighted by atomic mass is 16.6. The highest BCUT2D eigenvalue weighted by Crippen LogP contribution is 2.50. The lowest BCUT2D eigenvalue weighted by Crippen LogP contribution is -2.28. The van der Waals surface area contributed by atoms with Crippen LogP contribution in [0.1, 0.15) is 22.3 Å². The molecule has 1 saturated carbocycles. The summed E-state index contributed by atoms with van der Waals surface area (Å²) in [5, 5.41) is 2.72. The van der Waals surface area contributed by atoms with E-state index < -0.39 is 5.60 Å². The number of esters is 1. The fourth-order valence-corrected chi connectivity index (χ4v) is 2.36. The third-order valence-corrected chi connectivity index (χ3v) is 3.56. The lowest BCUT2D eigenvalue weighted by atomic mass is 10.1. The first-order valence-corrected chi connectivity index (χ1v) is 5.69. The number of nitrogens with one attached hydrogen (secondary N) is 1. The summed E-state index contributed by atoms with van der Waals surface area (Å²) in [6.45, 7) is 2.32. The molecule has 17 heavy (non-hydrogen) atoms. The molecule has 4 heteroatoms. The van der Waals surface area contributed by atoms with Crippen LogP contribution in [-0.2, 0) is 9.53 Å². The summed E-state index contributed by atoms with van der Waals surface area (Å²) < 4.78 is 5.49. The van der Waals surface area contributed by atoms with Crippen LogP contribution in [-0.4, -0.2) is 24.0 Å². The van der Waals surface area contributed by atoms with E-state index in [1.54, 1.807) is 6.07 Å². The van der Waals surface area contributed by atoms with Crippen molar-refractivity contribution in [3.8, 4) is 0 Å². The first-order chi connectivity index (χ1) is 8.12. The van der Waals surface area contributed by atoms with Crippen molar-refractivity contribution in [1.29, 1.82) is 0 Å². The molecule has 1 heterocycles. The normalized spacial score (nSPS) is 29.5. The zero-order valence-corrected chi connectivity index (χ0v) is 9.53. The zero-order chi connectivity index (χ0) is 12.0. The smallest absolute Gasteiger partial charge is 0.339 e. The summed E-state index contributed by atoms with van der Waals surface area (Å²) in [6.07, 6.45) is 0.663. The minimum absolute atomic E-state index is 0.00239. The van der Waals surface area contributed by atoms with Gasteiger partial charge in [0.2, 0.25) is 5.91 Å². The number of carbonyl (C=O) groups excluding carboxylic acids is 2. The van der Waals surface area contributed by atoms with Crippen LogP contribution in [0.2, 0.25) is 0 Å². The molecular weight excluding hydrogens is 218 g/mol. The second-order valence-electron chi connectivity index (χ2n) is 4.74. The average molecular weight is 231 g/mol. The van der Waals surface area contributed by atoms with Gasteiger partial charge in [0.25, 0.3) is 0 Å². The quantitative estimate of drug-likeness (QED) is 0.774. The molecule has 2 aliphatic rings. The van der Waals surface area contributed by atoms with Gasteiger partial charge in [-0.1, -0.05) is 18.2 Å². The van der Waals surface area contributed by atoms with E-state index in [-0.39, 0.29) is 17.8 Å². The molecule has 1 aromatic rings. The Morgan fingerprint density at radius 2 is 2.24 bits per heavy atom. The standard InChI is InChI=1S/C13H13NO3/c1-8-4-2-3-5-9(8)12(16)17-13-6-10(13)11(15)14-7-13/h2-5,10H,6-7H2,1H3,(H,14,15). The molecule has 2 unspecified atom stereocenters. The largest absolute Gasteiger partial charge is 0.453 e. The second kappa shape index (κ2) is 3.32. The Bertz CT molecular complexity index is 511. The lowest BCUT2D eigenvalue weighted by Gasteiger charge is -2.14. The summed E-state index contributed by atoms with van der Waals surface area (Å²) in [6, 6.07) is 7.31. The van der Waals surface area contributed by atoms with Gasteiger partial charge in [-0.05, 0) is 18.6 Å². The van der Waals surface area contributed by atoms with Crippen LogP contribution in [0.25, 0.3) is 0 Å². The molecule has 1 aromatic carbocycles. The Kier molecular flexibility index (Phi) is 2.02. The van der Waals surface area contributed by atoms with E-state index in [9.17, 15) is 9.59 Å². The molecule has 1 amide bonds. The van der Waals surface area contributed by atoms with E-state index in [1.165, 1.54) is 0 Å². The molecule has 4 nitrogen and oxygen atoms in total. The molecule has 88 valence electrons. The van der Waals surface area contributed by atoms with Crippen LogP contribution in [0.15, 0.2) is 24.3 Å². The van der Waals surface area contributed by atoms with Crippen molar-refractivity contribution in [1.82, 2.24) is 5.32 Å². The highest BCUT2D eigenvalue weighted by Gasteiger charge is 2.66. The van der Waals surface area contributed by atoms with Gasteiger partial charge in [-0.3, -0.25) is 4.79 Å². The molecule has 3 rings (SSSR count). The monoisotopic (exact) mass is 231 g/mol. The third kappa shape index (κ3) is 1.52. The van der Waals surface area contributed by atoms with Crippen molar-refractivity contribution < 1.29 is 14.3 Å². The van der Waals surface area contributed by atoms with Crippen LogP contribution >= 0.6 is 0 Å². The Balaban J connectivity index is 1.78. The first-order valence-electron chi connectivity index (χ1n) is 5.69. The molecule has 2 atom stereocenters. The van der Waals surface area contributed by atoms with Crippen molar-refractivity contribution in [2.45, 2.75) is 18.9 Å². The molecule has 0 radical (unpaired) electrons. The molecule has 1 aliphatic carbocycles. The topological polar surface area (TPSA) is 55.4 Å². The molecule has 0 bridgehead atoms. The SMILES string of the molecule is Cc1ccccc1C(=O)OC12CNC(=O)C1C2. The number of piperidine rings is 1. The van der Waals surface area contributed by atoms with Gasteiger partial charge in [0, 0.05) is 6.42 Å². The molecule has 1 saturated heterocycles. The Labute approximate surface area is 99.0 Å². The van der Waals surface area contributed by atoms with Crippen molar-refractivity contribution >= 4 is 11.9 Å². The van der Waals surface area contributed by atoms with Crippen LogP contribution in [0.4, 0.5) is 0 Å². The number of benzene rings is 1. The number of carbonyl (C=O) groups is 2. The van der Waals surface area contributed by atoms with Gasteiger partial charge in [0.1, 0.15) is 5.60 Å². The van der Waals surface area contributed by atoms with Crippen molar-refractivity contribution in [2.24, 2.45) is 5.92 Å². The molecule has 1 N–H and O–H groups in total. The maximum atomic E-state index is 12.0. The van der Waals surface area contributed by atoms with Gasteiger partial charge in [-0.2, -0.15) is 0 Å². The number of aryl methyl sites for hydroxylation is 1. The van der Waals surface area contributed by atoms with Crippen molar-refractivity contribution in [3.63, 3.8) is 0 Å². The predicted octanol–water partition coefficient (Wildman–Crippen LogP) is 1.04. The van der Waals surface area contributed by atoms with E-state index in [4.69, 9.17) is 4.74 Å². The summed E-state index contributed by atoms with van der Waals surface area (Å²) in [5.41, 5.74) is 0.909. The molecule has 0 aromatic heterocycles. The average Bonchev–Trinajstić information content (AvgIpc) is 2.94. The van der Waals surface area contributed by atoms with Gasteiger partial charge in [-0.15, -0.1) is 0 Å². The molecule has 1 aliphatic heterocycles. The number of amides is 1. The number of ether oxygens (including phenoxy) is 1. The Morgan fingerprint density at radius 3 is 2.82 bits per heavy atom. The maximum Gasteiger partial charge on any atom is 0.339 e. The number of fused-ring (bicyclic) bond motifs is 1. The van der Waals surface area contributed by atoms with Crippen LogP contribution < -0.4 is 5.32 Å². The van der Waals surface area contributed by atoms with Crippen molar-refractivity contribution in [2.75, 3.05) is 6.54 Å². The van der Waals surface area contributed by atoms with Crippen LogP contribution in [0, 0.1) is 12.8 Å². The Morgan fingerprint density at radius 1 is 1.47 bits per heavy atom. The summed E-state index contributed by atoms with van der Waals surface area (Å²) in [7, 11) is 0. The lowest BCUT2D eigenvalue weighted by molar-refractivity contribution is -0.121. The van der Waals surface area contributed by atoms with Gasteiger partial charge in [0.15, 0.2) is 0 Å². The first kappa shape index (κ1) is 10.3. The molecular formula is C13H13NO3. The molecule has 2 fully saturated rings. The van der Waals surface area contributed by atoms with Gasteiger partial charge < -0.3 is 10.1 Å². The van der Waals surface area contributed by atoms with E-state index in [1.807, 2.05) is 25.1 Å². The maximum absolute atomic E-state index is 12.0.